The van der Waals surface area contributed by atoms with Crippen molar-refractivity contribution in [2.45, 2.75) is 23.4 Å². The lowest BCUT2D eigenvalue weighted by Gasteiger charge is -2.64. The molecular formula is C23H30N8O4S. The molecule has 4 heterocycles. The number of aromatic nitrogens is 2. The topological polar surface area (TPSA) is 185 Å². The van der Waals surface area contributed by atoms with E-state index in [1.54, 1.807) is 23.2 Å². The van der Waals surface area contributed by atoms with Gasteiger partial charge in [-0.05, 0) is 36.6 Å². The number of amides is 3. The second kappa shape index (κ2) is 8.98. The Morgan fingerprint density at radius 1 is 1.14 bits per heavy atom. The number of carbonyl (C=O) groups excluding carboxylic acids is 2. The van der Waals surface area contributed by atoms with E-state index in [0.717, 1.165) is 19.3 Å². The maximum atomic E-state index is 12.6. The van der Waals surface area contributed by atoms with Gasteiger partial charge in [-0.3, -0.25) is 9.78 Å². The van der Waals surface area contributed by atoms with Gasteiger partial charge in [0.1, 0.15) is 5.69 Å². The molecule has 0 saturated carbocycles. The van der Waals surface area contributed by atoms with E-state index in [1.807, 2.05) is 0 Å². The zero-order valence-electron chi connectivity index (χ0n) is 19.8. The second-order valence-corrected chi connectivity index (χ2v) is 12.0. The van der Waals surface area contributed by atoms with Crippen molar-refractivity contribution in [2.75, 3.05) is 37.8 Å². The number of rotatable bonds is 6. The SMILES string of the molecule is CS(=O)(=O)c1ccc(Nc2nccnc2C2NC[C@H](C3N(C(N)=O)CC34CNC4)CC2C(N)=O)cc1. The fourth-order valence-electron chi connectivity index (χ4n) is 5.86. The minimum Gasteiger partial charge on any atom is -0.369 e. The number of hydrogen-bond acceptors (Lipinski definition) is 9. The van der Waals surface area contributed by atoms with Crippen LogP contribution in [0.15, 0.2) is 41.6 Å². The Hall–Kier alpha value is -3.29. The number of primary amides is 2. The Bertz CT molecular complexity index is 1280. The first-order chi connectivity index (χ1) is 17.1. The predicted octanol–water partition coefficient (Wildman–Crippen LogP) is -0.272. The fraction of sp³-hybridized carbons (Fsp3) is 0.478. The molecule has 0 bridgehead atoms. The van der Waals surface area contributed by atoms with Gasteiger partial charge in [0, 0.05) is 62.0 Å². The van der Waals surface area contributed by atoms with Gasteiger partial charge in [-0.2, -0.15) is 0 Å². The zero-order valence-corrected chi connectivity index (χ0v) is 20.7. The van der Waals surface area contributed by atoms with E-state index in [4.69, 9.17) is 11.5 Å². The quantitative estimate of drug-likeness (QED) is 0.346. The first-order valence-corrected chi connectivity index (χ1v) is 13.7. The van der Waals surface area contributed by atoms with Gasteiger partial charge in [-0.25, -0.2) is 18.2 Å². The van der Waals surface area contributed by atoms with Crippen LogP contribution in [0.5, 0.6) is 0 Å². The van der Waals surface area contributed by atoms with Gasteiger partial charge in [0.05, 0.1) is 16.9 Å². The lowest BCUT2D eigenvalue weighted by atomic mass is 9.60. The summed E-state index contributed by atoms with van der Waals surface area (Å²) in [5.41, 5.74) is 12.6. The minimum atomic E-state index is -3.31. The summed E-state index contributed by atoms with van der Waals surface area (Å²) in [4.78, 5) is 35.5. The Morgan fingerprint density at radius 3 is 2.42 bits per heavy atom. The standard InChI is InChI=1S/C23H30N8O4S/c1-36(34,35)15-4-2-14(3-5-15)30-21-18(27-6-7-28-21)17-16(20(24)32)8-13(9-29-17)19-23(10-26-11-23)12-31(19)22(25)33/h2-7,13,16-17,19,26,29H,8-12H2,1H3,(H2,24,32)(H2,25,33)(H,28,30)/t13-,16?,17?,19?/m1/s1. The van der Waals surface area contributed by atoms with Crippen molar-refractivity contribution >= 4 is 33.3 Å². The minimum absolute atomic E-state index is 0.00614. The van der Waals surface area contributed by atoms with E-state index in [-0.39, 0.29) is 22.3 Å². The van der Waals surface area contributed by atoms with Gasteiger partial charge in [-0.1, -0.05) is 0 Å². The molecule has 192 valence electrons. The van der Waals surface area contributed by atoms with Crippen molar-refractivity contribution in [3.8, 4) is 0 Å². The molecule has 0 radical (unpaired) electrons. The van der Waals surface area contributed by atoms with Crippen LogP contribution in [0.25, 0.3) is 0 Å². The van der Waals surface area contributed by atoms with Gasteiger partial charge in [0.25, 0.3) is 0 Å². The molecule has 1 spiro atoms. The van der Waals surface area contributed by atoms with Crippen LogP contribution in [0.3, 0.4) is 0 Å². The van der Waals surface area contributed by atoms with E-state index in [2.05, 4.69) is 25.9 Å². The molecule has 2 aromatic rings. The first-order valence-electron chi connectivity index (χ1n) is 11.8. The summed E-state index contributed by atoms with van der Waals surface area (Å²) in [5, 5.41) is 9.92. The maximum absolute atomic E-state index is 12.6. The Labute approximate surface area is 209 Å². The number of sulfone groups is 1. The molecule has 13 heteroatoms. The first kappa shape index (κ1) is 24.4. The number of carbonyl (C=O) groups is 2. The molecule has 3 unspecified atom stereocenters. The average molecular weight is 515 g/mol. The van der Waals surface area contributed by atoms with Crippen molar-refractivity contribution < 1.29 is 18.0 Å². The molecule has 1 aromatic heterocycles. The summed E-state index contributed by atoms with van der Waals surface area (Å²) in [6.07, 6.45) is 4.73. The van der Waals surface area contributed by atoms with Crippen molar-refractivity contribution in [1.29, 1.82) is 0 Å². The normalized spacial score (nSPS) is 27.1. The number of likely N-dealkylation sites (tertiary alicyclic amines) is 1. The van der Waals surface area contributed by atoms with Crippen LogP contribution in [0, 0.1) is 17.3 Å². The van der Waals surface area contributed by atoms with E-state index < -0.39 is 33.7 Å². The van der Waals surface area contributed by atoms with Gasteiger partial charge >= 0.3 is 6.03 Å². The molecule has 36 heavy (non-hydrogen) atoms. The second-order valence-electron chi connectivity index (χ2n) is 9.98. The molecule has 3 aliphatic heterocycles. The molecule has 3 fully saturated rings. The van der Waals surface area contributed by atoms with Crippen LogP contribution < -0.4 is 27.4 Å². The van der Waals surface area contributed by atoms with Crippen molar-refractivity contribution in [2.24, 2.45) is 28.7 Å². The Kier molecular flexibility index (Phi) is 6.09. The smallest absolute Gasteiger partial charge is 0.315 e. The van der Waals surface area contributed by atoms with Gasteiger partial charge in [-0.15, -0.1) is 0 Å². The predicted molar refractivity (Wildman–Crippen MR) is 132 cm³/mol. The summed E-state index contributed by atoms with van der Waals surface area (Å²) in [6.45, 7) is 2.82. The molecule has 3 saturated heterocycles. The fourth-order valence-corrected chi connectivity index (χ4v) is 6.49. The number of nitrogens with one attached hydrogen (secondary N) is 3. The summed E-state index contributed by atoms with van der Waals surface area (Å²) < 4.78 is 23.5. The highest BCUT2D eigenvalue weighted by molar-refractivity contribution is 7.90. The highest BCUT2D eigenvalue weighted by atomic mass is 32.2. The highest BCUT2D eigenvalue weighted by Crippen LogP contribution is 2.48. The number of benzene rings is 1. The molecule has 0 aliphatic carbocycles. The van der Waals surface area contributed by atoms with Gasteiger partial charge < -0.3 is 32.3 Å². The van der Waals surface area contributed by atoms with E-state index in [1.165, 1.54) is 18.3 Å². The monoisotopic (exact) mass is 514 g/mol. The van der Waals surface area contributed by atoms with Crippen LogP contribution in [0.1, 0.15) is 18.2 Å². The van der Waals surface area contributed by atoms with Crippen molar-refractivity contribution in [3.05, 3.63) is 42.4 Å². The summed E-state index contributed by atoms with van der Waals surface area (Å²) >= 11 is 0. The molecule has 3 aliphatic rings. The zero-order chi connectivity index (χ0) is 25.7. The largest absolute Gasteiger partial charge is 0.369 e. The molecule has 1 aromatic carbocycles. The average Bonchev–Trinajstić information content (AvgIpc) is 2.77. The molecule has 7 N–H and O–H groups in total. The van der Waals surface area contributed by atoms with E-state index in [0.29, 0.717) is 36.7 Å². The summed E-state index contributed by atoms with van der Waals surface area (Å²) in [7, 11) is -3.31. The summed E-state index contributed by atoms with van der Waals surface area (Å²) in [5.74, 6) is -0.585. The molecule has 12 nitrogen and oxygen atoms in total. The molecule has 3 amide bonds. The number of nitrogens with two attached hydrogens (primary N) is 2. The Morgan fingerprint density at radius 2 is 1.83 bits per heavy atom. The maximum Gasteiger partial charge on any atom is 0.315 e. The third kappa shape index (κ3) is 4.27. The number of urea groups is 1. The third-order valence-electron chi connectivity index (χ3n) is 7.62. The number of nitrogens with zero attached hydrogens (tertiary/aromatic N) is 3. The molecule has 5 rings (SSSR count). The van der Waals surface area contributed by atoms with Gasteiger partial charge in [0.15, 0.2) is 15.7 Å². The Balaban J connectivity index is 1.38. The van der Waals surface area contributed by atoms with Gasteiger partial charge in [0.2, 0.25) is 5.91 Å². The highest BCUT2D eigenvalue weighted by Gasteiger charge is 2.61. The van der Waals surface area contributed by atoms with E-state index in [9.17, 15) is 18.0 Å². The lowest BCUT2D eigenvalue weighted by Crippen LogP contribution is -2.80. The number of anilines is 2. The van der Waals surface area contributed by atoms with Crippen LogP contribution in [-0.4, -0.2) is 73.7 Å². The van der Waals surface area contributed by atoms with Crippen LogP contribution in [0.2, 0.25) is 0 Å². The lowest BCUT2D eigenvalue weighted by molar-refractivity contribution is -0.130. The third-order valence-corrected chi connectivity index (χ3v) is 8.75. The molecule has 4 atom stereocenters. The van der Waals surface area contributed by atoms with Crippen molar-refractivity contribution in [3.63, 3.8) is 0 Å². The van der Waals surface area contributed by atoms with Crippen LogP contribution >= 0.6 is 0 Å². The van der Waals surface area contributed by atoms with Crippen LogP contribution in [-0.2, 0) is 14.6 Å². The van der Waals surface area contributed by atoms with Crippen LogP contribution in [0.4, 0.5) is 16.3 Å². The van der Waals surface area contributed by atoms with Crippen molar-refractivity contribution in [1.82, 2.24) is 25.5 Å². The molecular weight excluding hydrogens is 484 g/mol. The number of hydrogen-bond donors (Lipinski definition) is 5. The summed E-state index contributed by atoms with van der Waals surface area (Å²) in [6, 6.07) is 5.33. The number of piperidine rings is 1. The van der Waals surface area contributed by atoms with E-state index >= 15 is 0 Å².